The van der Waals surface area contributed by atoms with Crippen LogP contribution in [-0.4, -0.2) is 13.2 Å². The molecule has 0 aromatic heterocycles. The van der Waals surface area contributed by atoms with Gasteiger partial charge in [-0.15, -0.1) is 0 Å². The van der Waals surface area contributed by atoms with Gasteiger partial charge in [0, 0.05) is 6.07 Å². The summed E-state index contributed by atoms with van der Waals surface area (Å²) < 4.78 is 50.1. The third-order valence-corrected chi connectivity index (χ3v) is 6.40. The highest BCUT2D eigenvalue weighted by Crippen LogP contribution is 2.44. The van der Waals surface area contributed by atoms with Crippen molar-refractivity contribution >= 4 is 9.84 Å². The molecule has 102 valence electrons. The summed E-state index contributed by atoms with van der Waals surface area (Å²) in [5.74, 6) is -2.36. The summed E-state index contributed by atoms with van der Waals surface area (Å²) >= 11 is 0. The molecule has 2 unspecified atom stereocenters. The highest BCUT2D eigenvalue weighted by Gasteiger charge is 2.53. The van der Waals surface area contributed by atoms with E-state index in [2.05, 4.69) is 0 Å². The summed E-state index contributed by atoms with van der Waals surface area (Å²) in [6, 6.07) is 4.17. The zero-order valence-corrected chi connectivity index (χ0v) is 11.2. The summed E-state index contributed by atoms with van der Waals surface area (Å²) in [5, 5.41) is 9.30. The van der Waals surface area contributed by atoms with Crippen molar-refractivity contribution in [2.75, 3.05) is 0 Å². The zero-order valence-electron chi connectivity index (χ0n) is 10.4. The Bertz CT molecular complexity index is 651. The maximum absolute atomic E-state index is 13.7. The molecule has 1 aromatic carbocycles. The number of sulfone groups is 1. The Morgan fingerprint density at radius 1 is 1.42 bits per heavy atom. The van der Waals surface area contributed by atoms with E-state index in [-0.39, 0.29) is 12.3 Å². The normalized spacial score (nSPS) is 27.2. The van der Waals surface area contributed by atoms with E-state index in [1.165, 1.54) is 0 Å². The van der Waals surface area contributed by atoms with Crippen molar-refractivity contribution in [3.05, 3.63) is 29.8 Å². The molecule has 2 rings (SSSR count). The minimum atomic E-state index is -4.15. The van der Waals surface area contributed by atoms with Crippen molar-refractivity contribution in [2.24, 2.45) is 5.92 Å². The lowest BCUT2D eigenvalue weighted by Crippen LogP contribution is -2.40. The van der Waals surface area contributed by atoms with Gasteiger partial charge in [-0.1, -0.05) is 13.3 Å². The zero-order chi connectivity index (χ0) is 14.3. The van der Waals surface area contributed by atoms with Crippen LogP contribution >= 0.6 is 0 Å². The van der Waals surface area contributed by atoms with Gasteiger partial charge in [-0.3, -0.25) is 0 Å². The molecule has 0 saturated heterocycles. The molecule has 0 amide bonds. The summed E-state index contributed by atoms with van der Waals surface area (Å²) in [6.07, 6.45) is 1.40. The second-order valence-electron chi connectivity index (χ2n) is 4.87. The van der Waals surface area contributed by atoms with Crippen molar-refractivity contribution in [3.63, 3.8) is 0 Å². The molecule has 2 atom stereocenters. The fraction of sp³-hybridized carbons (Fsp3) is 0.462. The maximum Gasteiger partial charge on any atom is 0.200 e. The second kappa shape index (κ2) is 4.57. The monoisotopic (exact) mass is 285 g/mol. The molecule has 1 fully saturated rings. The first kappa shape index (κ1) is 13.9. The molecule has 0 heterocycles. The quantitative estimate of drug-likeness (QED) is 0.785. The molecule has 3 nitrogen and oxygen atoms in total. The fourth-order valence-electron chi connectivity index (χ4n) is 2.67. The van der Waals surface area contributed by atoms with E-state index in [9.17, 15) is 22.5 Å². The standard InChI is InChI=1S/C13H13F2NO2S/c1-9-3-2-6-13(9,8-16)19(17,18)12-5-4-10(14)7-11(12)15/h4-5,7,9H,2-3,6H2,1H3. The van der Waals surface area contributed by atoms with Crippen LogP contribution in [0.25, 0.3) is 0 Å². The largest absolute Gasteiger partial charge is 0.222 e. The van der Waals surface area contributed by atoms with E-state index < -0.39 is 31.1 Å². The first-order valence-electron chi connectivity index (χ1n) is 5.96. The molecular weight excluding hydrogens is 272 g/mol. The Balaban J connectivity index is 2.63. The molecule has 0 bridgehead atoms. The number of hydrogen-bond acceptors (Lipinski definition) is 3. The predicted octanol–water partition coefficient (Wildman–Crippen LogP) is 2.82. The van der Waals surface area contributed by atoms with Gasteiger partial charge in [0.1, 0.15) is 16.5 Å². The third kappa shape index (κ3) is 1.93. The van der Waals surface area contributed by atoms with Crippen LogP contribution in [-0.2, 0) is 9.84 Å². The number of nitriles is 1. The predicted molar refractivity (Wildman–Crippen MR) is 64.9 cm³/mol. The first-order valence-corrected chi connectivity index (χ1v) is 7.44. The van der Waals surface area contributed by atoms with Gasteiger partial charge in [0.05, 0.1) is 6.07 Å². The average molecular weight is 285 g/mol. The summed E-state index contributed by atoms with van der Waals surface area (Å²) in [5.41, 5.74) is 0. The average Bonchev–Trinajstić information content (AvgIpc) is 2.71. The van der Waals surface area contributed by atoms with E-state index in [1.54, 1.807) is 6.92 Å². The van der Waals surface area contributed by atoms with Crippen LogP contribution in [0.15, 0.2) is 23.1 Å². The summed E-state index contributed by atoms with van der Waals surface area (Å²) in [6.45, 7) is 1.68. The number of benzene rings is 1. The highest BCUT2D eigenvalue weighted by molar-refractivity contribution is 7.93. The Morgan fingerprint density at radius 2 is 2.11 bits per heavy atom. The highest BCUT2D eigenvalue weighted by atomic mass is 32.2. The Labute approximate surface area is 110 Å². The van der Waals surface area contributed by atoms with Crippen molar-refractivity contribution in [3.8, 4) is 6.07 Å². The number of halogens is 2. The molecule has 0 radical (unpaired) electrons. The molecular formula is C13H13F2NO2S. The van der Waals surface area contributed by atoms with Gasteiger partial charge >= 0.3 is 0 Å². The Kier molecular flexibility index (Phi) is 3.35. The molecule has 0 N–H and O–H groups in total. The minimum absolute atomic E-state index is 0.184. The van der Waals surface area contributed by atoms with Crippen LogP contribution in [0.5, 0.6) is 0 Å². The van der Waals surface area contributed by atoms with Crippen LogP contribution in [0, 0.1) is 28.9 Å². The van der Waals surface area contributed by atoms with Gasteiger partial charge in [-0.05, 0) is 30.9 Å². The summed E-state index contributed by atoms with van der Waals surface area (Å²) in [4.78, 5) is -0.593. The van der Waals surface area contributed by atoms with Crippen LogP contribution in [0.4, 0.5) is 8.78 Å². The topological polar surface area (TPSA) is 57.9 Å². The first-order chi connectivity index (χ1) is 8.85. The van der Waals surface area contributed by atoms with Gasteiger partial charge in [0.2, 0.25) is 9.84 Å². The molecule has 19 heavy (non-hydrogen) atoms. The molecule has 0 spiro atoms. The van der Waals surface area contributed by atoms with Gasteiger partial charge < -0.3 is 0 Å². The fourth-order valence-corrected chi connectivity index (χ4v) is 4.80. The lowest BCUT2D eigenvalue weighted by molar-refractivity contribution is 0.486. The minimum Gasteiger partial charge on any atom is -0.222 e. The second-order valence-corrected chi connectivity index (χ2v) is 7.05. The smallest absolute Gasteiger partial charge is 0.200 e. The SMILES string of the molecule is CC1CCCC1(C#N)S(=O)(=O)c1ccc(F)cc1F. The van der Waals surface area contributed by atoms with Gasteiger partial charge in [0.15, 0.2) is 4.75 Å². The Morgan fingerprint density at radius 3 is 2.58 bits per heavy atom. The summed E-state index contributed by atoms with van der Waals surface area (Å²) in [7, 11) is -4.15. The van der Waals surface area contributed by atoms with Crippen molar-refractivity contribution in [1.29, 1.82) is 5.26 Å². The van der Waals surface area contributed by atoms with Gasteiger partial charge in [0.25, 0.3) is 0 Å². The van der Waals surface area contributed by atoms with Crippen LogP contribution in [0.2, 0.25) is 0 Å². The molecule has 1 aliphatic carbocycles. The molecule has 1 aromatic rings. The Hall–Kier alpha value is -1.48. The lowest BCUT2D eigenvalue weighted by Gasteiger charge is -2.26. The van der Waals surface area contributed by atoms with Gasteiger partial charge in [-0.25, -0.2) is 17.2 Å². The van der Waals surface area contributed by atoms with Crippen molar-refractivity contribution < 1.29 is 17.2 Å². The molecule has 1 saturated carbocycles. The van der Waals surface area contributed by atoms with Crippen LogP contribution in [0.1, 0.15) is 26.2 Å². The maximum atomic E-state index is 13.7. The number of rotatable bonds is 2. The molecule has 1 aliphatic rings. The third-order valence-electron chi connectivity index (χ3n) is 3.83. The van der Waals surface area contributed by atoms with Crippen LogP contribution < -0.4 is 0 Å². The van der Waals surface area contributed by atoms with E-state index >= 15 is 0 Å². The molecule has 6 heteroatoms. The van der Waals surface area contributed by atoms with E-state index in [0.717, 1.165) is 12.1 Å². The van der Waals surface area contributed by atoms with Gasteiger partial charge in [-0.2, -0.15) is 5.26 Å². The lowest BCUT2D eigenvalue weighted by atomic mass is 9.99. The van der Waals surface area contributed by atoms with Crippen molar-refractivity contribution in [2.45, 2.75) is 35.8 Å². The number of hydrogen-bond donors (Lipinski definition) is 0. The van der Waals surface area contributed by atoms with E-state index in [0.29, 0.717) is 18.9 Å². The van der Waals surface area contributed by atoms with Crippen LogP contribution in [0.3, 0.4) is 0 Å². The van der Waals surface area contributed by atoms with Crippen molar-refractivity contribution in [1.82, 2.24) is 0 Å². The van der Waals surface area contributed by atoms with E-state index in [4.69, 9.17) is 0 Å². The van der Waals surface area contributed by atoms with E-state index in [1.807, 2.05) is 6.07 Å². The number of nitrogens with zero attached hydrogens (tertiary/aromatic N) is 1. The molecule has 0 aliphatic heterocycles.